The Balaban J connectivity index is 0.000000125. The van der Waals surface area contributed by atoms with Gasteiger partial charge in [0.05, 0.1) is 35.8 Å². The van der Waals surface area contributed by atoms with E-state index >= 15 is 0 Å². The maximum atomic E-state index is 14.0. The van der Waals surface area contributed by atoms with Gasteiger partial charge in [0.25, 0.3) is 0 Å². The molecular weight excluding hydrogens is 1160 g/mol. The van der Waals surface area contributed by atoms with E-state index in [1.165, 1.54) is 37.1 Å². The minimum absolute atomic E-state index is 0.168. The minimum Gasteiger partial charge on any atom is -0.508 e. The van der Waals surface area contributed by atoms with Crippen molar-refractivity contribution >= 4 is 67.6 Å². The summed E-state index contributed by atoms with van der Waals surface area (Å²) in [5.41, 5.74) is 28.8. The van der Waals surface area contributed by atoms with E-state index in [2.05, 4.69) is 62.6 Å². The van der Waals surface area contributed by atoms with Gasteiger partial charge in [0, 0.05) is 152 Å². The van der Waals surface area contributed by atoms with E-state index < -0.39 is 11.6 Å². The van der Waals surface area contributed by atoms with Gasteiger partial charge < -0.3 is 52.1 Å². The van der Waals surface area contributed by atoms with E-state index in [1.54, 1.807) is 76.7 Å². The quantitative estimate of drug-likeness (QED) is 0.0663. The summed E-state index contributed by atoms with van der Waals surface area (Å²) in [5, 5.41) is 46.0. The first-order valence-electron chi connectivity index (χ1n) is 30.2. The number of piperazine rings is 1. The van der Waals surface area contributed by atoms with Gasteiger partial charge in [-0.25, -0.2) is 52.7 Å². The average molecular weight is 1220 g/mol. The first-order valence-corrected chi connectivity index (χ1v) is 30.2. The Morgan fingerprint density at radius 3 is 1.12 bits per heavy atom. The number of rotatable bonds is 12. The van der Waals surface area contributed by atoms with Crippen molar-refractivity contribution < 1.29 is 24.1 Å². The number of aromatic hydroxyl groups is 3. The molecule has 0 saturated carbocycles. The molecule has 22 nitrogen and oxygen atoms in total. The lowest BCUT2D eigenvalue weighted by Gasteiger charge is -2.34. The van der Waals surface area contributed by atoms with Crippen molar-refractivity contribution in [3.05, 3.63) is 181 Å². The van der Waals surface area contributed by atoms with Crippen molar-refractivity contribution in [2.45, 2.75) is 45.3 Å². The van der Waals surface area contributed by atoms with E-state index in [1.807, 2.05) is 47.3 Å². The molecular formula is C67H67F2N19O3. The van der Waals surface area contributed by atoms with Gasteiger partial charge in [0.1, 0.15) is 63.4 Å². The van der Waals surface area contributed by atoms with E-state index in [-0.39, 0.29) is 17.2 Å². The molecule has 3 aliphatic heterocycles. The summed E-state index contributed by atoms with van der Waals surface area (Å²) in [7, 11) is 2.12. The Kier molecular flexibility index (Phi) is 16.6. The summed E-state index contributed by atoms with van der Waals surface area (Å²) in [5.74, 6) is 1.65. The third kappa shape index (κ3) is 12.4. The molecule has 0 amide bonds. The molecule has 15 rings (SSSR count). The average Bonchev–Trinajstić information content (AvgIpc) is 1.70. The summed E-state index contributed by atoms with van der Waals surface area (Å²) in [6.07, 6.45) is 15.1. The highest BCUT2D eigenvalue weighted by Crippen LogP contribution is 2.38. The van der Waals surface area contributed by atoms with Crippen LogP contribution in [0.15, 0.2) is 152 Å². The van der Waals surface area contributed by atoms with Crippen molar-refractivity contribution in [3.8, 4) is 51.0 Å². The molecule has 9 aromatic heterocycles. The lowest BCUT2D eigenvalue weighted by atomic mass is 10.1. The summed E-state index contributed by atoms with van der Waals surface area (Å²) in [6, 6.07) is 31.9. The maximum Gasteiger partial charge on any atom is 0.160 e. The minimum atomic E-state index is -0.547. The molecule has 0 atom stereocenters. The monoisotopic (exact) mass is 1220 g/mol. The number of benzene rings is 3. The summed E-state index contributed by atoms with van der Waals surface area (Å²) >= 11 is 0. The molecule has 24 heteroatoms. The number of nitrogens with zero attached hydrogens (tertiary/aromatic N) is 16. The Morgan fingerprint density at radius 2 is 0.747 bits per heavy atom. The SMILES string of the molecule is CN1CCN(c2ncccc2Cn2nc(-c3cc(O)cc(F)c3)c3c(N)ccnc32)CC1.Nc1ccnc2c1c(-c1cc(O)cc(F)c1)nn2Cc1cccnc1N1CCCC1.Nc1ccnc2c1c(-c1cccc(O)c1)nn2Cc1cccnc1N1CCCC1. The highest BCUT2D eigenvalue weighted by atomic mass is 19.1. The Bertz CT molecular complexity index is 4570. The Morgan fingerprint density at radius 1 is 0.385 bits per heavy atom. The van der Waals surface area contributed by atoms with E-state index in [9.17, 15) is 24.1 Å². The number of nitrogens with two attached hydrogens (primary N) is 3. The van der Waals surface area contributed by atoms with Crippen LogP contribution in [-0.4, -0.2) is 139 Å². The Hall–Kier alpha value is -11.0. The van der Waals surface area contributed by atoms with Crippen molar-refractivity contribution in [2.24, 2.45) is 0 Å². The fraction of sp³-hybridized carbons (Fsp3) is 0.239. The smallest absolute Gasteiger partial charge is 0.160 e. The number of hydrogen-bond donors (Lipinski definition) is 6. The molecule has 0 spiro atoms. The number of aromatic nitrogens is 12. The van der Waals surface area contributed by atoms with Crippen LogP contribution in [0, 0.1) is 11.6 Å². The predicted molar refractivity (Wildman–Crippen MR) is 350 cm³/mol. The number of pyridine rings is 6. The van der Waals surface area contributed by atoms with E-state index in [0.717, 1.165) is 128 Å². The first-order chi connectivity index (χ1) is 44.3. The van der Waals surface area contributed by atoms with Crippen LogP contribution in [0.5, 0.6) is 17.2 Å². The van der Waals surface area contributed by atoms with Gasteiger partial charge in [-0.15, -0.1) is 0 Å². The lowest BCUT2D eigenvalue weighted by molar-refractivity contribution is 0.311. The zero-order valence-corrected chi connectivity index (χ0v) is 50.0. The normalized spacial score (nSPS) is 14.3. The summed E-state index contributed by atoms with van der Waals surface area (Å²) in [6.45, 7) is 9.24. The standard InChI is InChI=1S/C23H24FN7O.C22H21FN6O.C22H22N6O/c1-29-7-9-30(10-8-29)22-15(3-2-5-26-22)14-31-23-20(19(25)4-6-27-23)21(28-31)16-11-17(24)13-18(32)12-16;23-16-10-15(11-17(30)12-16)20-19-18(24)5-7-26-22(19)29(27-20)13-14-4-3-6-25-21(14)28-8-1-2-9-28;23-18-8-10-25-22-19(18)20(15-5-3-7-17(29)13-15)26-28(22)14-16-6-4-9-24-21(16)27-11-1-2-12-27/h2-6,11-13,32H,7-10,14H2,1H3,(H2,25,27);3-7,10-12,30H,1-2,8-9,13H2,(H2,24,26);3-10,13,29H,1-2,11-12,14H2,(H2,23,25). The highest BCUT2D eigenvalue weighted by Gasteiger charge is 2.26. The van der Waals surface area contributed by atoms with Crippen LogP contribution in [0.3, 0.4) is 0 Å². The number of fused-ring (bicyclic) bond motifs is 3. The summed E-state index contributed by atoms with van der Waals surface area (Å²) in [4.78, 5) is 36.6. The molecule has 3 saturated heterocycles. The fourth-order valence-corrected chi connectivity index (χ4v) is 12.3. The van der Waals surface area contributed by atoms with Gasteiger partial charge in [0.15, 0.2) is 16.9 Å². The zero-order valence-electron chi connectivity index (χ0n) is 50.0. The molecule has 12 heterocycles. The van der Waals surface area contributed by atoms with Crippen LogP contribution in [0.25, 0.3) is 66.9 Å². The molecule has 0 bridgehead atoms. The van der Waals surface area contributed by atoms with Crippen molar-refractivity contribution in [3.63, 3.8) is 0 Å². The van der Waals surface area contributed by atoms with Gasteiger partial charge in [-0.3, -0.25) is 0 Å². The number of phenols is 3. The van der Waals surface area contributed by atoms with Crippen molar-refractivity contribution in [2.75, 3.05) is 91.3 Å². The van der Waals surface area contributed by atoms with Crippen molar-refractivity contribution in [1.82, 2.24) is 64.1 Å². The van der Waals surface area contributed by atoms with Gasteiger partial charge in [-0.2, -0.15) is 15.3 Å². The molecule has 9 N–H and O–H groups in total. The zero-order chi connectivity index (χ0) is 62.7. The Labute approximate surface area is 522 Å². The second-order valence-electron chi connectivity index (χ2n) is 22.9. The lowest BCUT2D eigenvalue weighted by Crippen LogP contribution is -2.45. The van der Waals surface area contributed by atoms with Gasteiger partial charge in [-0.1, -0.05) is 30.3 Å². The molecule has 91 heavy (non-hydrogen) atoms. The number of hydrogen-bond acceptors (Lipinski definition) is 19. The number of likely N-dealkylation sites (N-methyl/N-ethyl adjacent to an activating group) is 1. The molecule has 3 fully saturated rings. The van der Waals surface area contributed by atoms with Crippen molar-refractivity contribution in [1.29, 1.82) is 0 Å². The third-order valence-corrected chi connectivity index (χ3v) is 16.6. The topological polar surface area (TPSA) is 283 Å². The predicted octanol–water partition coefficient (Wildman–Crippen LogP) is 9.72. The number of anilines is 6. The molecule has 12 aromatic rings. The van der Waals surface area contributed by atoms with Gasteiger partial charge in [-0.05, 0) is 106 Å². The third-order valence-electron chi connectivity index (χ3n) is 16.6. The molecule has 3 aromatic carbocycles. The van der Waals surface area contributed by atoms with Gasteiger partial charge in [0.2, 0.25) is 0 Å². The number of halogens is 2. The van der Waals surface area contributed by atoms with Crippen LogP contribution in [0.1, 0.15) is 42.4 Å². The fourth-order valence-electron chi connectivity index (χ4n) is 12.3. The van der Waals surface area contributed by atoms with Crippen LogP contribution >= 0.6 is 0 Å². The molecule has 0 radical (unpaired) electrons. The van der Waals surface area contributed by atoms with Crippen LogP contribution < -0.4 is 31.9 Å². The molecule has 3 aliphatic rings. The highest BCUT2D eigenvalue weighted by molar-refractivity contribution is 6.02. The maximum absolute atomic E-state index is 14.0. The molecule has 0 unspecified atom stereocenters. The number of nitrogen functional groups attached to an aromatic ring is 3. The first kappa shape index (κ1) is 59.0. The van der Waals surface area contributed by atoms with Gasteiger partial charge >= 0.3 is 0 Å². The molecule has 0 aliphatic carbocycles. The van der Waals surface area contributed by atoms with Crippen LogP contribution in [-0.2, 0) is 19.6 Å². The summed E-state index contributed by atoms with van der Waals surface area (Å²) < 4.78 is 33.3. The van der Waals surface area contributed by atoms with E-state index in [0.29, 0.717) is 87.0 Å². The second-order valence-corrected chi connectivity index (χ2v) is 22.9. The largest absolute Gasteiger partial charge is 0.508 e. The van der Waals surface area contributed by atoms with Crippen LogP contribution in [0.2, 0.25) is 0 Å². The second kappa shape index (κ2) is 25.6. The number of phenolic OH excluding ortho intramolecular Hbond substituents is 3. The molecule has 462 valence electrons. The van der Waals surface area contributed by atoms with Crippen LogP contribution in [0.4, 0.5) is 43.3 Å². The van der Waals surface area contributed by atoms with E-state index in [4.69, 9.17) is 32.5 Å².